The van der Waals surface area contributed by atoms with Gasteiger partial charge in [-0.15, -0.1) is 0 Å². The van der Waals surface area contributed by atoms with Crippen LogP contribution >= 0.6 is 0 Å². The summed E-state index contributed by atoms with van der Waals surface area (Å²) in [6, 6.07) is 24.7. The van der Waals surface area contributed by atoms with Gasteiger partial charge in [-0.25, -0.2) is 0 Å². The minimum absolute atomic E-state index is 0.0162. The predicted molar refractivity (Wildman–Crippen MR) is 167 cm³/mol. The molecule has 0 atom stereocenters. The molecule has 0 amide bonds. The van der Waals surface area contributed by atoms with E-state index in [-0.39, 0.29) is 5.41 Å². The number of nitrogens with zero attached hydrogens (tertiary/aromatic N) is 1. The van der Waals surface area contributed by atoms with Crippen molar-refractivity contribution in [3.63, 3.8) is 0 Å². The van der Waals surface area contributed by atoms with Crippen LogP contribution in [0.2, 0.25) is 39.3 Å². The summed E-state index contributed by atoms with van der Waals surface area (Å²) in [4.78, 5) is 4.85. The van der Waals surface area contributed by atoms with Crippen molar-refractivity contribution in [2.75, 3.05) is 0 Å². The smallest absolute Gasteiger partial charge is 0.161 e. The summed E-state index contributed by atoms with van der Waals surface area (Å²) in [7, 11) is -2.99. The van der Waals surface area contributed by atoms with Gasteiger partial charge in [0.2, 0.25) is 0 Å². The zero-order chi connectivity index (χ0) is 26.8. The summed E-state index contributed by atoms with van der Waals surface area (Å²) in [6.07, 6.45) is 1.91. The highest BCUT2D eigenvalue weighted by atomic mass is 28.3. The standard InChI is InChI=1S/C33H39NOSi2/c1-33(2,3)29-19-25(16-22-12-10-11-13-28(22)29)31-32-23(14-15-34-31)20-30(35-32)24-17-26(36(4,5)6)21-27(18-24)37(7,8)9/h10-21H,1-9H3. The van der Waals surface area contributed by atoms with Gasteiger partial charge in [0, 0.05) is 22.7 Å². The first-order chi connectivity index (χ1) is 17.2. The average Bonchev–Trinajstić information content (AvgIpc) is 3.26. The summed E-state index contributed by atoms with van der Waals surface area (Å²) in [6.45, 7) is 21.4. The van der Waals surface area contributed by atoms with E-state index in [2.05, 4.69) is 127 Å². The number of benzene rings is 3. The molecule has 0 spiro atoms. The highest BCUT2D eigenvalue weighted by molar-refractivity contribution is 6.91. The van der Waals surface area contributed by atoms with Crippen LogP contribution in [0.1, 0.15) is 26.3 Å². The van der Waals surface area contributed by atoms with Crippen LogP contribution in [-0.4, -0.2) is 21.1 Å². The Morgan fingerprint density at radius 2 is 1.32 bits per heavy atom. The van der Waals surface area contributed by atoms with Crippen LogP contribution < -0.4 is 10.4 Å². The van der Waals surface area contributed by atoms with E-state index in [0.717, 1.165) is 28.0 Å². The van der Waals surface area contributed by atoms with Crippen LogP contribution in [0.25, 0.3) is 44.3 Å². The number of rotatable bonds is 4. The van der Waals surface area contributed by atoms with Gasteiger partial charge in [-0.2, -0.15) is 0 Å². The summed E-state index contributed by atoms with van der Waals surface area (Å²) < 4.78 is 6.68. The van der Waals surface area contributed by atoms with Gasteiger partial charge >= 0.3 is 0 Å². The molecule has 4 heteroatoms. The van der Waals surface area contributed by atoms with E-state index in [1.807, 2.05) is 6.20 Å². The molecule has 0 fully saturated rings. The van der Waals surface area contributed by atoms with Crippen molar-refractivity contribution in [3.8, 4) is 22.6 Å². The zero-order valence-electron chi connectivity index (χ0n) is 23.8. The lowest BCUT2D eigenvalue weighted by Gasteiger charge is -2.23. The van der Waals surface area contributed by atoms with Gasteiger partial charge in [0.05, 0.1) is 16.1 Å². The van der Waals surface area contributed by atoms with Crippen molar-refractivity contribution in [3.05, 3.63) is 78.5 Å². The molecule has 0 aliphatic heterocycles. The quantitative estimate of drug-likeness (QED) is 0.221. The van der Waals surface area contributed by atoms with Gasteiger partial charge in [0.25, 0.3) is 0 Å². The van der Waals surface area contributed by atoms with E-state index in [0.29, 0.717) is 0 Å². The number of hydrogen-bond acceptors (Lipinski definition) is 2. The van der Waals surface area contributed by atoms with Crippen molar-refractivity contribution >= 4 is 48.3 Å². The van der Waals surface area contributed by atoms with Crippen LogP contribution in [0.5, 0.6) is 0 Å². The summed E-state index contributed by atoms with van der Waals surface area (Å²) >= 11 is 0. The fraction of sp³-hybridized carbons (Fsp3) is 0.303. The van der Waals surface area contributed by atoms with Crippen molar-refractivity contribution in [2.45, 2.75) is 65.5 Å². The second-order valence-corrected chi connectivity index (χ2v) is 23.6. The van der Waals surface area contributed by atoms with Crippen molar-refractivity contribution in [1.29, 1.82) is 0 Å². The molecule has 0 unspecified atom stereocenters. The normalized spacial score (nSPS) is 13.0. The van der Waals surface area contributed by atoms with Gasteiger partial charge in [0.1, 0.15) is 11.5 Å². The highest BCUT2D eigenvalue weighted by Gasteiger charge is 2.25. The molecule has 190 valence electrons. The lowest BCUT2D eigenvalue weighted by Crippen LogP contribution is -2.45. The Bertz CT molecular complexity index is 1590. The number of fused-ring (bicyclic) bond motifs is 2. The Morgan fingerprint density at radius 3 is 1.95 bits per heavy atom. The van der Waals surface area contributed by atoms with Crippen LogP contribution in [0.3, 0.4) is 0 Å². The van der Waals surface area contributed by atoms with Gasteiger partial charge in [-0.05, 0) is 46.0 Å². The minimum Gasteiger partial charge on any atom is -0.454 e. The van der Waals surface area contributed by atoms with Gasteiger partial charge in [-0.3, -0.25) is 4.98 Å². The topological polar surface area (TPSA) is 26.0 Å². The minimum atomic E-state index is -1.49. The largest absolute Gasteiger partial charge is 0.454 e. The first-order valence-electron chi connectivity index (χ1n) is 13.3. The van der Waals surface area contributed by atoms with Gasteiger partial charge < -0.3 is 4.42 Å². The van der Waals surface area contributed by atoms with E-state index < -0.39 is 16.1 Å². The molecule has 0 N–H and O–H groups in total. The SMILES string of the molecule is CC(C)(C)c1cc(-c2nccc3cc(-c4cc([Si](C)(C)C)cc([Si](C)(C)C)c4)oc23)cc2ccccc12. The number of furan rings is 1. The zero-order valence-corrected chi connectivity index (χ0v) is 25.8. The van der Waals surface area contributed by atoms with E-state index in [4.69, 9.17) is 9.40 Å². The van der Waals surface area contributed by atoms with Crippen LogP contribution in [0, 0.1) is 0 Å². The third kappa shape index (κ3) is 4.97. The van der Waals surface area contributed by atoms with Crippen LogP contribution in [0.4, 0.5) is 0 Å². The van der Waals surface area contributed by atoms with Crippen LogP contribution in [0.15, 0.2) is 77.3 Å². The van der Waals surface area contributed by atoms with Gasteiger partial charge in [0.15, 0.2) is 5.58 Å². The molecule has 0 saturated heterocycles. The maximum Gasteiger partial charge on any atom is 0.161 e. The Kier molecular flexibility index (Phi) is 6.12. The number of aromatic nitrogens is 1. The lowest BCUT2D eigenvalue weighted by molar-refractivity contribution is 0.596. The molecule has 2 aromatic heterocycles. The maximum absolute atomic E-state index is 6.68. The molecule has 2 nitrogen and oxygen atoms in total. The fourth-order valence-electron chi connectivity index (χ4n) is 5.02. The third-order valence-electron chi connectivity index (χ3n) is 7.33. The van der Waals surface area contributed by atoms with Gasteiger partial charge in [-0.1, -0.05) is 113 Å². The summed E-state index contributed by atoms with van der Waals surface area (Å²) in [5.74, 6) is 0.931. The highest BCUT2D eigenvalue weighted by Crippen LogP contribution is 2.38. The molecule has 37 heavy (non-hydrogen) atoms. The molecule has 3 aromatic carbocycles. The second-order valence-electron chi connectivity index (χ2n) is 13.5. The molecular formula is C33H39NOSi2. The molecule has 0 saturated carbocycles. The van der Waals surface area contributed by atoms with Crippen LogP contribution in [-0.2, 0) is 5.41 Å². The molecule has 0 aliphatic rings. The molecule has 2 heterocycles. The molecule has 0 aliphatic carbocycles. The van der Waals surface area contributed by atoms with Crippen molar-refractivity contribution in [2.24, 2.45) is 0 Å². The fourth-order valence-corrected chi connectivity index (χ4v) is 7.51. The molecule has 0 bridgehead atoms. The predicted octanol–water partition coefficient (Wildman–Crippen LogP) is 8.70. The Morgan fingerprint density at radius 1 is 0.676 bits per heavy atom. The summed E-state index contributed by atoms with van der Waals surface area (Å²) in [5.41, 5.74) is 5.41. The number of pyridine rings is 1. The average molecular weight is 522 g/mol. The second kappa shape index (κ2) is 8.81. The van der Waals surface area contributed by atoms with Crippen molar-refractivity contribution in [1.82, 2.24) is 4.98 Å². The molecular weight excluding hydrogens is 483 g/mol. The van der Waals surface area contributed by atoms with E-state index >= 15 is 0 Å². The lowest BCUT2D eigenvalue weighted by atomic mass is 9.82. The Balaban J connectivity index is 1.72. The third-order valence-corrected chi connectivity index (χ3v) is 11.4. The summed E-state index contributed by atoms with van der Waals surface area (Å²) in [5, 5.41) is 6.61. The Hall–Kier alpha value is -2.96. The monoisotopic (exact) mass is 521 g/mol. The molecule has 5 rings (SSSR count). The molecule has 0 radical (unpaired) electrons. The molecule has 5 aromatic rings. The Labute approximate surface area is 223 Å². The van der Waals surface area contributed by atoms with E-state index in [1.54, 1.807) is 0 Å². The van der Waals surface area contributed by atoms with E-state index in [1.165, 1.54) is 32.3 Å². The van der Waals surface area contributed by atoms with Crippen molar-refractivity contribution < 1.29 is 4.42 Å². The first kappa shape index (κ1) is 25.7. The maximum atomic E-state index is 6.68. The first-order valence-corrected chi connectivity index (χ1v) is 20.3. The van der Waals surface area contributed by atoms with E-state index in [9.17, 15) is 0 Å². The number of hydrogen-bond donors (Lipinski definition) is 0.